The van der Waals surface area contributed by atoms with Gasteiger partial charge >= 0.3 is 0 Å². The molecule has 0 radical (unpaired) electrons. The van der Waals surface area contributed by atoms with Gasteiger partial charge in [-0.15, -0.1) is 11.8 Å². The van der Waals surface area contributed by atoms with Crippen LogP contribution in [0.5, 0.6) is 0 Å². The molecule has 0 aliphatic carbocycles. The van der Waals surface area contributed by atoms with Gasteiger partial charge in [-0.3, -0.25) is 0 Å². The maximum Gasteiger partial charge on any atom is 0.110 e. The van der Waals surface area contributed by atoms with Crippen molar-refractivity contribution in [3.63, 3.8) is 0 Å². The molecule has 4 heteroatoms. The number of nitrogens with two attached hydrogens (primary N) is 1. The molecule has 0 atom stereocenters. The Labute approximate surface area is 114 Å². The topological polar surface area (TPSA) is 38.9 Å². The zero-order valence-corrected chi connectivity index (χ0v) is 11.7. The molecule has 1 heterocycles. The summed E-state index contributed by atoms with van der Waals surface area (Å²) < 4.78 is 1.04. The molecule has 0 bridgehead atoms. The molecule has 17 heavy (non-hydrogen) atoms. The molecule has 0 spiro atoms. The molecule has 0 fully saturated rings. The third-order valence-electron chi connectivity index (χ3n) is 2.33. The van der Waals surface area contributed by atoms with E-state index < -0.39 is 0 Å². The van der Waals surface area contributed by atoms with Crippen molar-refractivity contribution in [3.8, 4) is 0 Å². The van der Waals surface area contributed by atoms with Crippen molar-refractivity contribution in [3.05, 3.63) is 58.2 Å². The van der Waals surface area contributed by atoms with Crippen LogP contribution < -0.4 is 5.73 Å². The summed E-state index contributed by atoms with van der Waals surface area (Å²) in [5, 5.41) is 1.02. The normalized spacial score (nSPS) is 10.5. The average Bonchev–Trinajstić information content (AvgIpc) is 2.38. The molecule has 2 aromatic rings. The van der Waals surface area contributed by atoms with Crippen molar-refractivity contribution in [1.29, 1.82) is 0 Å². The first-order valence-corrected chi connectivity index (χ1v) is 7.08. The maximum absolute atomic E-state index is 5.62. The Morgan fingerprint density at radius 3 is 2.76 bits per heavy atom. The number of halogens is 1. The van der Waals surface area contributed by atoms with E-state index in [1.807, 2.05) is 30.5 Å². The van der Waals surface area contributed by atoms with Gasteiger partial charge in [0.15, 0.2) is 0 Å². The van der Waals surface area contributed by atoms with E-state index in [0.717, 1.165) is 15.3 Å². The third kappa shape index (κ3) is 3.56. The van der Waals surface area contributed by atoms with E-state index in [-0.39, 0.29) is 0 Å². The van der Waals surface area contributed by atoms with Crippen LogP contribution in [0.25, 0.3) is 0 Å². The second-order valence-corrected chi connectivity index (χ2v) is 5.42. The second-order valence-electron chi connectivity index (χ2n) is 3.60. The highest BCUT2D eigenvalue weighted by atomic mass is 79.9. The van der Waals surface area contributed by atoms with Crippen LogP contribution in [0.2, 0.25) is 0 Å². The molecule has 1 aromatic carbocycles. The predicted molar refractivity (Wildman–Crippen MR) is 75.8 cm³/mol. The Balaban J connectivity index is 2.05. The fraction of sp³-hybridized carbons (Fsp3) is 0.154. The summed E-state index contributed by atoms with van der Waals surface area (Å²) >= 11 is 5.22. The highest BCUT2D eigenvalue weighted by Gasteiger charge is 2.02. The number of nitrogens with zero attached hydrogens (tertiary/aromatic N) is 1. The lowest BCUT2D eigenvalue weighted by atomic mass is 10.1. The Bertz CT molecular complexity index is 502. The minimum atomic E-state index is 0.589. The van der Waals surface area contributed by atoms with Crippen LogP contribution in [0.4, 0.5) is 0 Å². The number of benzene rings is 1. The molecular formula is C13H13BrN2S. The molecule has 0 aliphatic rings. The molecule has 0 amide bonds. The SMILES string of the molecule is NCc1cccc(CSc2ncccc2Br)c1. The number of pyridine rings is 1. The van der Waals surface area contributed by atoms with Gasteiger partial charge in [0.25, 0.3) is 0 Å². The molecular weight excluding hydrogens is 296 g/mol. The smallest absolute Gasteiger partial charge is 0.110 e. The minimum absolute atomic E-state index is 0.589. The second kappa shape index (κ2) is 6.19. The van der Waals surface area contributed by atoms with Crippen LogP contribution in [0.3, 0.4) is 0 Å². The Kier molecular flexibility index (Phi) is 4.59. The van der Waals surface area contributed by atoms with E-state index in [1.54, 1.807) is 11.8 Å². The minimum Gasteiger partial charge on any atom is -0.326 e. The van der Waals surface area contributed by atoms with Gasteiger partial charge < -0.3 is 5.73 Å². The molecule has 2 N–H and O–H groups in total. The van der Waals surface area contributed by atoms with Crippen molar-refractivity contribution in [2.75, 3.05) is 0 Å². The van der Waals surface area contributed by atoms with Gasteiger partial charge in [0.05, 0.1) is 0 Å². The van der Waals surface area contributed by atoms with E-state index in [1.165, 1.54) is 11.1 Å². The van der Waals surface area contributed by atoms with Crippen LogP contribution in [0, 0.1) is 0 Å². The first kappa shape index (κ1) is 12.6. The Hall–Kier alpha value is -0.840. The van der Waals surface area contributed by atoms with E-state index in [2.05, 4.69) is 33.0 Å². The van der Waals surface area contributed by atoms with Crippen LogP contribution in [-0.4, -0.2) is 4.98 Å². The fourth-order valence-corrected chi connectivity index (χ4v) is 2.90. The van der Waals surface area contributed by atoms with Crippen molar-refractivity contribution >= 4 is 27.7 Å². The molecule has 88 valence electrons. The lowest BCUT2D eigenvalue weighted by molar-refractivity contribution is 1.06. The van der Waals surface area contributed by atoms with Crippen molar-refractivity contribution in [1.82, 2.24) is 4.98 Å². The number of thioether (sulfide) groups is 1. The summed E-state index contributed by atoms with van der Waals surface area (Å²) in [4.78, 5) is 4.33. The lowest BCUT2D eigenvalue weighted by Crippen LogP contribution is -1.96. The number of aromatic nitrogens is 1. The number of rotatable bonds is 4. The quantitative estimate of drug-likeness (QED) is 0.877. The van der Waals surface area contributed by atoms with Gasteiger partial charge in [-0.05, 0) is 39.2 Å². The van der Waals surface area contributed by atoms with Gasteiger partial charge in [0.2, 0.25) is 0 Å². The number of hydrogen-bond acceptors (Lipinski definition) is 3. The van der Waals surface area contributed by atoms with Crippen molar-refractivity contribution < 1.29 is 0 Å². The Morgan fingerprint density at radius 1 is 1.18 bits per heavy atom. The van der Waals surface area contributed by atoms with E-state index in [4.69, 9.17) is 5.73 Å². The van der Waals surface area contributed by atoms with Crippen molar-refractivity contribution in [2.45, 2.75) is 17.3 Å². The third-order valence-corrected chi connectivity index (χ3v) is 4.31. The zero-order chi connectivity index (χ0) is 12.1. The lowest BCUT2D eigenvalue weighted by Gasteiger charge is -2.04. The van der Waals surface area contributed by atoms with Crippen LogP contribution in [0.15, 0.2) is 52.1 Å². The summed E-state index contributed by atoms with van der Waals surface area (Å²) in [6.07, 6.45) is 1.81. The summed E-state index contributed by atoms with van der Waals surface area (Å²) in [6, 6.07) is 12.3. The molecule has 2 rings (SSSR count). The summed E-state index contributed by atoms with van der Waals surface area (Å²) in [7, 11) is 0. The monoisotopic (exact) mass is 308 g/mol. The highest BCUT2D eigenvalue weighted by molar-refractivity contribution is 9.10. The van der Waals surface area contributed by atoms with Gasteiger partial charge in [-0.2, -0.15) is 0 Å². The van der Waals surface area contributed by atoms with Gasteiger partial charge in [0.1, 0.15) is 5.03 Å². The van der Waals surface area contributed by atoms with Crippen LogP contribution in [0.1, 0.15) is 11.1 Å². The standard InChI is InChI=1S/C13H13BrN2S/c14-12-5-2-6-16-13(12)17-9-11-4-1-3-10(7-11)8-15/h1-7H,8-9,15H2. The van der Waals surface area contributed by atoms with Crippen LogP contribution in [-0.2, 0) is 12.3 Å². The molecule has 0 unspecified atom stereocenters. The van der Waals surface area contributed by atoms with E-state index in [0.29, 0.717) is 6.54 Å². The zero-order valence-electron chi connectivity index (χ0n) is 9.27. The van der Waals surface area contributed by atoms with Gasteiger partial charge in [0, 0.05) is 23.0 Å². The fourth-order valence-electron chi connectivity index (χ4n) is 1.48. The average molecular weight is 309 g/mol. The van der Waals surface area contributed by atoms with E-state index >= 15 is 0 Å². The maximum atomic E-state index is 5.62. The van der Waals surface area contributed by atoms with Crippen molar-refractivity contribution in [2.24, 2.45) is 5.73 Å². The first-order chi connectivity index (χ1) is 8.29. The molecule has 0 aliphatic heterocycles. The molecule has 2 nitrogen and oxygen atoms in total. The predicted octanol–water partition coefficient (Wildman–Crippen LogP) is 3.60. The Morgan fingerprint density at radius 2 is 2.00 bits per heavy atom. The van der Waals surface area contributed by atoms with Crippen LogP contribution >= 0.6 is 27.7 Å². The molecule has 0 saturated heterocycles. The summed E-state index contributed by atoms with van der Waals surface area (Å²) in [6.45, 7) is 0.589. The summed E-state index contributed by atoms with van der Waals surface area (Å²) in [5.41, 5.74) is 8.07. The largest absolute Gasteiger partial charge is 0.326 e. The molecule has 0 saturated carbocycles. The molecule has 1 aromatic heterocycles. The van der Waals surface area contributed by atoms with E-state index in [9.17, 15) is 0 Å². The first-order valence-electron chi connectivity index (χ1n) is 5.31. The summed E-state index contributed by atoms with van der Waals surface area (Å²) in [5.74, 6) is 0.906. The van der Waals surface area contributed by atoms with Gasteiger partial charge in [-0.25, -0.2) is 4.98 Å². The highest BCUT2D eigenvalue weighted by Crippen LogP contribution is 2.27. The number of hydrogen-bond donors (Lipinski definition) is 1. The van der Waals surface area contributed by atoms with Gasteiger partial charge in [-0.1, -0.05) is 24.3 Å².